The van der Waals surface area contributed by atoms with E-state index in [1.807, 2.05) is 0 Å². The lowest BCUT2D eigenvalue weighted by atomic mass is 9.92. The average Bonchev–Trinajstić information content (AvgIpc) is 3.71. The van der Waals surface area contributed by atoms with Crippen molar-refractivity contribution in [2.45, 2.75) is 0 Å². The van der Waals surface area contributed by atoms with E-state index >= 15 is 0 Å². The molecule has 2 heteroatoms. The van der Waals surface area contributed by atoms with Crippen LogP contribution in [0.4, 0.5) is 17.1 Å². The summed E-state index contributed by atoms with van der Waals surface area (Å²) in [5.41, 5.74) is 16.4. The molecule has 0 radical (unpaired) electrons. The minimum absolute atomic E-state index is 1.09. The van der Waals surface area contributed by atoms with Crippen molar-refractivity contribution in [1.82, 2.24) is 4.57 Å². The lowest BCUT2D eigenvalue weighted by Crippen LogP contribution is -2.10. The molecule has 0 bridgehead atoms. The second-order valence-corrected chi connectivity index (χ2v) is 16.5. The number of anilines is 3. The Kier molecular flexibility index (Phi) is 9.20. The summed E-state index contributed by atoms with van der Waals surface area (Å²) in [6.07, 6.45) is 0. The van der Waals surface area contributed by atoms with Crippen molar-refractivity contribution < 1.29 is 0 Å². The zero-order chi connectivity index (χ0) is 42.4. The number of benzene rings is 11. The van der Waals surface area contributed by atoms with Crippen LogP contribution in [0, 0.1) is 0 Å². The molecule has 2 nitrogen and oxygen atoms in total. The summed E-state index contributed by atoms with van der Waals surface area (Å²) < 4.78 is 2.38. The molecular formula is C62H42N2. The first-order valence-electron chi connectivity index (χ1n) is 22.0. The average molecular weight is 815 g/mol. The van der Waals surface area contributed by atoms with Crippen LogP contribution < -0.4 is 4.90 Å². The van der Waals surface area contributed by atoms with Gasteiger partial charge in [0.1, 0.15) is 0 Å². The van der Waals surface area contributed by atoms with Crippen molar-refractivity contribution >= 4 is 60.4 Å². The van der Waals surface area contributed by atoms with E-state index in [1.165, 1.54) is 87.9 Å². The topological polar surface area (TPSA) is 8.17 Å². The molecule has 11 aromatic carbocycles. The largest absolute Gasteiger partial charge is 0.311 e. The summed E-state index contributed by atoms with van der Waals surface area (Å²) in [7, 11) is 0. The maximum absolute atomic E-state index is 2.38. The van der Waals surface area contributed by atoms with Crippen LogP contribution in [0.3, 0.4) is 0 Å². The number of fused-ring (bicyclic) bond motifs is 6. The molecular weight excluding hydrogens is 773 g/mol. The zero-order valence-corrected chi connectivity index (χ0v) is 35.1. The third-order valence-corrected chi connectivity index (χ3v) is 12.8. The number of aromatic nitrogens is 1. The molecule has 64 heavy (non-hydrogen) atoms. The fourth-order valence-corrected chi connectivity index (χ4v) is 9.65. The molecule has 0 spiro atoms. The second kappa shape index (κ2) is 15.8. The van der Waals surface area contributed by atoms with E-state index in [9.17, 15) is 0 Å². The van der Waals surface area contributed by atoms with E-state index < -0.39 is 0 Å². The van der Waals surface area contributed by atoms with E-state index in [0.29, 0.717) is 0 Å². The molecule has 300 valence electrons. The number of hydrogen-bond acceptors (Lipinski definition) is 1. The summed E-state index contributed by atoms with van der Waals surface area (Å²) in [6, 6.07) is 92.6. The lowest BCUT2D eigenvalue weighted by molar-refractivity contribution is 1.17. The highest BCUT2D eigenvalue weighted by molar-refractivity contribution is 6.14. The number of hydrogen-bond donors (Lipinski definition) is 0. The molecule has 0 aliphatic heterocycles. The van der Waals surface area contributed by atoms with Gasteiger partial charge in [-0.1, -0.05) is 182 Å². The maximum atomic E-state index is 2.38. The molecule has 1 aromatic heterocycles. The maximum Gasteiger partial charge on any atom is 0.0541 e. The predicted molar refractivity (Wildman–Crippen MR) is 272 cm³/mol. The van der Waals surface area contributed by atoms with E-state index in [1.54, 1.807) is 0 Å². The van der Waals surface area contributed by atoms with E-state index in [-0.39, 0.29) is 0 Å². The first kappa shape index (κ1) is 37.3. The van der Waals surface area contributed by atoms with Gasteiger partial charge in [0.05, 0.1) is 11.0 Å². The van der Waals surface area contributed by atoms with Gasteiger partial charge in [0.2, 0.25) is 0 Å². The minimum atomic E-state index is 1.09. The van der Waals surface area contributed by atoms with Crippen molar-refractivity contribution in [3.8, 4) is 50.2 Å². The standard InChI is InChI=1S/C62H42N2/c1-2-13-43(14-3-1)44-25-27-45(28-26-44)46-29-33-51(34-30-46)63(53-37-39-54(40-38-53)64-61-23-10-8-21-58(61)59-22-9-11-24-62(59)64)52-35-31-47(32-36-52)48-16-12-17-49(41-48)60-42-50-15-4-5-18-55(50)56-19-6-7-20-57(56)60/h1-42H. The molecule has 0 saturated carbocycles. The van der Waals surface area contributed by atoms with Crippen LogP contribution in [-0.4, -0.2) is 4.57 Å². The van der Waals surface area contributed by atoms with Crippen molar-refractivity contribution in [3.63, 3.8) is 0 Å². The smallest absolute Gasteiger partial charge is 0.0541 e. The summed E-state index contributed by atoms with van der Waals surface area (Å²) in [4.78, 5) is 2.36. The van der Waals surface area contributed by atoms with Gasteiger partial charge in [-0.15, -0.1) is 0 Å². The molecule has 0 saturated heterocycles. The van der Waals surface area contributed by atoms with Gasteiger partial charge in [0.25, 0.3) is 0 Å². The predicted octanol–water partition coefficient (Wildman–Crippen LogP) is 17.2. The molecule has 0 unspecified atom stereocenters. The molecule has 0 aliphatic carbocycles. The number of rotatable bonds is 8. The van der Waals surface area contributed by atoms with Gasteiger partial charge in [-0.3, -0.25) is 0 Å². The van der Waals surface area contributed by atoms with Gasteiger partial charge in [0, 0.05) is 33.5 Å². The van der Waals surface area contributed by atoms with E-state index in [0.717, 1.165) is 22.7 Å². The first-order chi connectivity index (χ1) is 31.7. The zero-order valence-electron chi connectivity index (χ0n) is 35.1. The van der Waals surface area contributed by atoms with Gasteiger partial charge >= 0.3 is 0 Å². The summed E-state index contributed by atoms with van der Waals surface area (Å²) in [5.74, 6) is 0. The lowest BCUT2D eigenvalue weighted by Gasteiger charge is -2.26. The SMILES string of the molecule is c1ccc(-c2ccc(-c3ccc(N(c4ccc(-c5cccc(-c6cc7ccccc7c7ccccc67)c5)cc4)c4ccc(-n5c6ccccc6c6ccccc65)cc4)cc3)cc2)cc1. The van der Waals surface area contributed by atoms with Crippen LogP contribution in [-0.2, 0) is 0 Å². The van der Waals surface area contributed by atoms with Crippen LogP contribution in [0.15, 0.2) is 255 Å². The van der Waals surface area contributed by atoms with Crippen molar-refractivity contribution in [2.75, 3.05) is 4.90 Å². The number of para-hydroxylation sites is 2. The summed E-state index contributed by atoms with van der Waals surface area (Å²) in [5, 5.41) is 7.60. The molecule has 0 aliphatic rings. The minimum Gasteiger partial charge on any atom is -0.311 e. The highest BCUT2D eigenvalue weighted by atomic mass is 15.1. The fraction of sp³-hybridized carbons (Fsp3) is 0. The Morgan fingerprint density at radius 3 is 1.25 bits per heavy atom. The van der Waals surface area contributed by atoms with Crippen LogP contribution >= 0.6 is 0 Å². The van der Waals surface area contributed by atoms with Crippen molar-refractivity contribution in [2.24, 2.45) is 0 Å². The van der Waals surface area contributed by atoms with Crippen LogP contribution in [0.1, 0.15) is 0 Å². The van der Waals surface area contributed by atoms with Gasteiger partial charge in [-0.05, 0) is 139 Å². The normalized spacial score (nSPS) is 11.4. The molecule has 0 fully saturated rings. The van der Waals surface area contributed by atoms with Crippen molar-refractivity contribution in [1.29, 1.82) is 0 Å². The quantitative estimate of drug-likeness (QED) is 0.139. The Morgan fingerprint density at radius 1 is 0.250 bits per heavy atom. The Balaban J connectivity index is 0.915. The van der Waals surface area contributed by atoms with Crippen LogP contribution in [0.25, 0.3) is 93.5 Å². The Hall–Kier alpha value is -8.46. The highest BCUT2D eigenvalue weighted by Gasteiger charge is 2.17. The Morgan fingerprint density at radius 2 is 0.656 bits per heavy atom. The Bertz CT molecular complexity index is 3570. The molecule has 0 amide bonds. The van der Waals surface area contributed by atoms with Crippen LogP contribution in [0.5, 0.6) is 0 Å². The number of nitrogens with zero attached hydrogens (tertiary/aromatic N) is 2. The Labute approximate surface area is 373 Å². The fourth-order valence-electron chi connectivity index (χ4n) is 9.65. The molecule has 1 heterocycles. The van der Waals surface area contributed by atoms with Gasteiger partial charge in [0.15, 0.2) is 0 Å². The summed E-state index contributed by atoms with van der Waals surface area (Å²) in [6.45, 7) is 0. The second-order valence-electron chi connectivity index (χ2n) is 16.5. The first-order valence-corrected chi connectivity index (χ1v) is 22.0. The molecule has 0 atom stereocenters. The monoisotopic (exact) mass is 814 g/mol. The summed E-state index contributed by atoms with van der Waals surface area (Å²) >= 11 is 0. The molecule has 12 rings (SSSR count). The molecule has 0 N–H and O–H groups in total. The van der Waals surface area contributed by atoms with Crippen LogP contribution in [0.2, 0.25) is 0 Å². The highest BCUT2D eigenvalue weighted by Crippen LogP contribution is 2.40. The van der Waals surface area contributed by atoms with Gasteiger partial charge in [-0.25, -0.2) is 0 Å². The van der Waals surface area contributed by atoms with E-state index in [2.05, 4.69) is 264 Å². The third kappa shape index (κ3) is 6.61. The molecule has 12 aromatic rings. The third-order valence-electron chi connectivity index (χ3n) is 12.8. The van der Waals surface area contributed by atoms with Crippen molar-refractivity contribution in [3.05, 3.63) is 255 Å². The van der Waals surface area contributed by atoms with E-state index in [4.69, 9.17) is 0 Å². The van der Waals surface area contributed by atoms with Gasteiger partial charge < -0.3 is 9.47 Å². The van der Waals surface area contributed by atoms with Gasteiger partial charge in [-0.2, -0.15) is 0 Å².